The average Bonchev–Trinajstić information content (AvgIpc) is 2.60. The van der Waals surface area contributed by atoms with Crippen LogP contribution in [0.5, 0.6) is 0 Å². The molecule has 3 aliphatic rings. The van der Waals surface area contributed by atoms with Crippen molar-refractivity contribution in [2.45, 2.75) is 57.9 Å². The van der Waals surface area contributed by atoms with Crippen molar-refractivity contribution in [3.63, 3.8) is 0 Å². The van der Waals surface area contributed by atoms with Crippen LogP contribution < -0.4 is 10.6 Å². The van der Waals surface area contributed by atoms with E-state index in [4.69, 9.17) is 0 Å². The molecule has 0 aromatic heterocycles. The van der Waals surface area contributed by atoms with E-state index in [2.05, 4.69) is 32.3 Å². The summed E-state index contributed by atoms with van der Waals surface area (Å²) in [6.07, 6.45) is 8.62. The van der Waals surface area contributed by atoms with Gasteiger partial charge >= 0.3 is 0 Å². The van der Waals surface area contributed by atoms with Gasteiger partial charge in [0.15, 0.2) is 5.96 Å². The minimum atomic E-state index is 0.333. The maximum Gasteiger partial charge on any atom is 0.225 e. The van der Waals surface area contributed by atoms with Crippen molar-refractivity contribution in [2.24, 2.45) is 16.8 Å². The Labute approximate surface area is 158 Å². The summed E-state index contributed by atoms with van der Waals surface area (Å²) in [5, 5.41) is 7.05. The lowest BCUT2D eigenvalue weighted by Gasteiger charge is -2.38. The third-order valence-electron chi connectivity index (χ3n) is 6.36. The zero-order chi connectivity index (χ0) is 18.4. The molecule has 1 heterocycles. The molecule has 1 aliphatic heterocycles. The molecule has 1 saturated heterocycles. The molecule has 1 amide bonds. The Kier molecular flexibility index (Phi) is 7.17. The van der Waals surface area contributed by atoms with E-state index in [0.29, 0.717) is 17.9 Å². The van der Waals surface area contributed by atoms with Crippen LogP contribution in [0.2, 0.25) is 0 Å². The van der Waals surface area contributed by atoms with E-state index in [1.807, 2.05) is 7.05 Å². The summed E-state index contributed by atoms with van der Waals surface area (Å²) in [6.45, 7) is 8.02. The lowest BCUT2D eigenvalue weighted by atomic mass is 9.84. The number of rotatable bonds is 5. The first-order chi connectivity index (χ1) is 12.7. The molecule has 26 heavy (non-hydrogen) atoms. The number of nitrogens with zero attached hydrogens (tertiary/aromatic N) is 3. The number of piperazine rings is 1. The third kappa shape index (κ3) is 5.35. The summed E-state index contributed by atoms with van der Waals surface area (Å²) in [5.74, 6) is 2.49. The minimum Gasteiger partial charge on any atom is -0.355 e. The van der Waals surface area contributed by atoms with Crippen molar-refractivity contribution in [3.05, 3.63) is 0 Å². The summed E-state index contributed by atoms with van der Waals surface area (Å²) >= 11 is 0. The predicted molar refractivity (Wildman–Crippen MR) is 106 cm³/mol. The van der Waals surface area contributed by atoms with Crippen molar-refractivity contribution < 1.29 is 4.79 Å². The van der Waals surface area contributed by atoms with Gasteiger partial charge in [-0.3, -0.25) is 14.7 Å². The molecular weight excluding hydrogens is 326 g/mol. The van der Waals surface area contributed by atoms with E-state index in [9.17, 15) is 4.79 Å². The number of carbonyl (C=O) groups is 1. The second-order valence-electron chi connectivity index (χ2n) is 8.41. The fourth-order valence-electron chi connectivity index (χ4n) is 4.39. The monoisotopic (exact) mass is 363 g/mol. The summed E-state index contributed by atoms with van der Waals surface area (Å²) < 4.78 is 0. The Morgan fingerprint density at radius 3 is 2.42 bits per heavy atom. The van der Waals surface area contributed by atoms with Crippen LogP contribution in [0.15, 0.2) is 4.99 Å². The second-order valence-corrected chi connectivity index (χ2v) is 8.41. The maximum absolute atomic E-state index is 12.3. The van der Waals surface area contributed by atoms with Crippen molar-refractivity contribution in [2.75, 3.05) is 46.3 Å². The van der Waals surface area contributed by atoms with Crippen molar-refractivity contribution >= 4 is 11.9 Å². The van der Waals surface area contributed by atoms with E-state index in [0.717, 1.165) is 64.0 Å². The normalized spacial score (nSPS) is 28.5. The first-order valence-corrected chi connectivity index (χ1v) is 10.6. The molecule has 0 bridgehead atoms. The van der Waals surface area contributed by atoms with Crippen LogP contribution in [0.1, 0.15) is 51.9 Å². The van der Waals surface area contributed by atoms with Crippen LogP contribution in [0.4, 0.5) is 0 Å². The Morgan fingerprint density at radius 2 is 1.81 bits per heavy atom. The first-order valence-electron chi connectivity index (χ1n) is 10.6. The number of amides is 1. The molecule has 2 aliphatic carbocycles. The van der Waals surface area contributed by atoms with Crippen LogP contribution >= 0.6 is 0 Å². The fourth-order valence-corrected chi connectivity index (χ4v) is 4.39. The van der Waals surface area contributed by atoms with Crippen molar-refractivity contribution in [1.82, 2.24) is 20.4 Å². The van der Waals surface area contributed by atoms with Gasteiger partial charge in [0, 0.05) is 58.3 Å². The molecule has 0 radical (unpaired) electrons. The number of guanidine groups is 1. The van der Waals surface area contributed by atoms with Gasteiger partial charge < -0.3 is 15.5 Å². The maximum atomic E-state index is 12.3. The van der Waals surface area contributed by atoms with E-state index >= 15 is 0 Å². The van der Waals surface area contributed by atoms with E-state index in [1.54, 1.807) is 0 Å². The molecule has 2 N–H and O–H groups in total. The lowest BCUT2D eigenvalue weighted by Crippen LogP contribution is -2.53. The number of nitrogens with one attached hydrogen (secondary N) is 2. The van der Waals surface area contributed by atoms with Gasteiger partial charge in [-0.05, 0) is 31.6 Å². The average molecular weight is 364 g/mol. The van der Waals surface area contributed by atoms with Gasteiger partial charge in [0.25, 0.3) is 0 Å². The Bertz CT molecular complexity index is 483. The highest BCUT2D eigenvalue weighted by Crippen LogP contribution is 2.28. The number of carbonyl (C=O) groups excluding carboxylic acids is 1. The van der Waals surface area contributed by atoms with Crippen LogP contribution in [0.3, 0.4) is 0 Å². The molecule has 0 aromatic carbocycles. The van der Waals surface area contributed by atoms with Crippen molar-refractivity contribution in [1.29, 1.82) is 0 Å². The quantitative estimate of drug-likeness (QED) is 0.576. The zero-order valence-corrected chi connectivity index (χ0v) is 16.7. The van der Waals surface area contributed by atoms with E-state index in [1.165, 1.54) is 32.1 Å². The molecule has 148 valence electrons. The SMILES string of the molecule is CN=C(NCCN1CCN(C(=O)C2CCC2)CC1)NC1CCCC(C)C1. The Morgan fingerprint density at radius 1 is 1.08 bits per heavy atom. The molecule has 0 aromatic rings. The van der Waals surface area contributed by atoms with Crippen LogP contribution in [-0.4, -0.2) is 74.0 Å². The number of hydrogen-bond acceptors (Lipinski definition) is 3. The van der Waals surface area contributed by atoms with Gasteiger partial charge in [-0.1, -0.05) is 26.2 Å². The molecule has 3 fully saturated rings. The van der Waals surface area contributed by atoms with Crippen LogP contribution in [-0.2, 0) is 4.79 Å². The Balaban J connectivity index is 1.31. The highest BCUT2D eigenvalue weighted by Gasteiger charge is 2.31. The molecule has 0 spiro atoms. The van der Waals surface area contributed by atoms with Gasteiger partial charge in [0.2, 0.25) is 5.91 Å². The van der Waals surface area contributed by atoms with Gasteiger partial charge in [0.05, 0.1) is 0 Å². The minimum absolute atomic E-state index is 0.333. The van der Waals surface area contributed by atoms with Crippen molar-refractivity contribution in [3.8, 4) is 0 Å². The number of hydrogen-bond donors (Lipinski definition) is 2. The van der Waals surface area contributed by atoms with Gasteiger partial charge in [-0.15, -0.1) is 0 Å². The summed E-state index contributed by atoms with van der Waals surface area (Å²) in [4.78, 5) is 21.2. The fraction of sp³-hybridized carbons (Fsp3) is 0.900. The van der Waals surface area contributed by atoms with Crippen LogP contribution in [0.25, 0.3) is 0 Å². The topological polar surface area (TPSA) is 60.0 Å². The van der Waals surface area contributed by atoms with Crippen LogP contribution in [0, 0.1) is 11.8 Å². The largest absolute Gasteiger partial charge is 0.355 e. The number of aliphatic imine (C=N–C) groups is 1. The molecule has 2 atom stereocenters. The Hall–Kier alpha value is -1.30. The van der Waals surface area contributed by atoms with E-state index in [-0.39, 0.29) is 0 Å². The summed E-state index contributed by atoms with van der Waals surface area (Å²) in [7, 11) is 1.85. The highest BCUT2D eigenvalue weighted by atomic mass is 16.2. The molecule has 3 rings (SSSR count). The van der Waals surface area contributed by atoms with Gasteiger partial charge in [-0.25, -0.2) is 0 Å². The summed E-state index contributed by atoms with van der Waals surface area (Å²) in [5.41, 5.74) is 0. The molecule has 2 saturated carbocycles. The lowest BCUT2D eigenvalue weighted by molar-refractivity contribution is -0.139. The van der Waals surface area contributed by atoms with E-state index < -0.39 is 0 Å². The van der Waals surface area contributed by atoms with Gasteiger partial charge in [-0.2, -0.15) is 0 Å². The highest BCUT2D eigenvalue weighted by molar-refractivity contribution is 5.80. The standard InChI is InChI=1S/C20H37N5O/c1-16-5-3-8-18(15-16)23-20(21-2)22-9-10-24-11-13-25(14-12-24)19(26)17-6-4-7-17/h16-18H,3-15H2,1-2H3,(H2,21,22,23). The molecule has 6 heteroatoms. The zero-order valence-electron chi connectivity index (χ0n) is 16.7. The first kappa shape index (κ1) is 19.5. The third-order valence-corrected chi connectivity index (χ3v) is 6.36. The molecule has 2 unspecified atom stereocenters. The molecular formula is C20H37N5O. The second kappa shape index (κ2) is 9.58. The predicted octanol–water partition coefficient (Wildman–Crippen LogP) is 1.67. The molecule has 6 nitrogen and oxygen atoms in total. The smallest absolute Gasteiger partial charge is 0.225 e. The van der Waals surface area contributed by atoms with Gasteiger partial charge in [0.1, 0.15) is 0 Å². The summed E-state index contributed by atoms with van der Waals surface area (Å²) in [6, 6.07) is 0.561.